The Kier molecular flexibility index (Phi) is 7.25. The number of rotatable bonds is 7. The molecule has 2 aromatic carbocycles. The van der Waals surface area contributed by atoms with Crippen molar-refractivity contribution in [1.82, 2.24) is 10.3 Å². The lowest BCUT2D eigenvalue weighted by Gasteiger charge is -2.17. The second-order valence-corrected chi connectivity index (χ2v) is 8.42. The fraction of sp³-hybridized carbons (Fsp3) is 0.190. The molecule has 1 heterocycles. The molecule has 1 atom stereocenters. The van der Waals surface area contributed by atoms with Crippen molar-refractivity contribution in [2.75, 3.05) is 5.32 Å². The van der Waals surface area contributed by atoms with E-state index in [1.807, 2.05) is 24.3 Å². The van der Waals surface area contributed by atoms with Crippen molar-refractivity contribution in [2.45, 2.75) is 25.8 Å². The fourth-order valence-corrected chi connectivity index (χ4v) is 4.01. The first-order valence-electron chi connectivity index (χ1n) is 8.91. The van der Waals surface area contributed by atoms with Gasteiger partial charge in [-0.25, -0.2) is 4.98 Å². The summed E-state index contributed by atoms with van der Waals surface area (Å²) in [6.45, 7) is 1.42. The molecule has 0 aliphatic carbocycles. The van der Waals surface area contributed by atoms with E-state index in [0.717, 1.165) is 16.0 Å². The Balaban J connectivity index is 1.64. The van der Waals surface area contributed by atoms with Crippen molar-refractivity contribution < 1.29 is 9.59 Å². The lowest BCUT2D eigenvalue weighted by atomic mass is 10.0. The summed E-state index contributed by atoms with van der Waals surface area (Å²) in [5.41, 5.74) is 1.81. The largest absolute Gasteiger partial charge is 0.349 e. The zero-order chi connectivity index (χ0) is 20.8. The van der Waals surface area contributed by atoms with Crippen molar-refractivity contribution in [2.24, 2.45) is 0 Å². The van der Waals surface area contributed by atoms with Crippen LogP contribution in [0, 0.1) is 0 Å². The third kappa shape index (κ3) is 6.29. The van der Waals surface area contributed by atoms with E-state index in [1.165, 1.54) is 18.3 Å². The molecule has 0 radical (unpaired) electrons. The van der Waals surface area contributed by atoms with E-state index in [0.29, 0.717) is 21.6 Å². The van der Waals surface area contributed by atoms with Crippen molar-refractivity contribution in [3.05, 3.63) is 80.8 Å². The third-order valence-electron chi connectivity index (χ3n) is 4.16. The maximum atomic E-state index is 12.5. The van der Waals surface area contributed by atoms with Crippen LogP contribution in [0.5, 0.6) is 0 Å². The van der Waals surface area contributed by atoms with Gasteiger partial charge in [-0.2, -0.15) is 0 Å². The molecule has 2 N–H and O–H groups in total. The van der Waals surface area contributed by atoms with Crippen LogP contribution in [0.1, 0.15) is 35.4 Å². The summed E-state index contributed by atoms with van der Waals surface area (Å²) in [7, 11) is 0. The van der Waals surface area contributed by atoms with E-state index in [2.05, 4.69) is 15.6 Å². The third-order valence-corrected chi connectivity index (χ3v) is 5.70. The number of carbonyl (C=O) groups excluding carboxylic acids is 2. The Morgan fingerprint density at radius 1 is 1.10 bits per heavy atom. The van der Waals surface area contributed by atoms with Crippen LogP contribution in [-0.4, -0.2) is 16.8 Å². The number of hydrogen-bond donors (Lipinski definition) is 2. The summed E-state index contributed by atoms with van der Waals surface area (Å²) in [6.07, 6.45) is 2.46. The summed E-state index contributed by atoms with van der Waals surface area (Å²) in [5.74, 6) is -0.452. The van der Waals surface area contributed by atoms with E-state index in [-0.39, 0.29) is 18.2 Å². The number of carbonyl (C=O) groups is 2. The monoisotopic (exact) mass is 447 g/mol. The number of nitrogens with one attached hydrogen (secondary N) is 2. The van der Waals surface area contributed by atoms with Gasteiger partial charge in [0.05, 0.1) is 12.5 Å². The summed E-state index contributed by atoms with van der Waals surface area (Å²) >= 11 is 13.5. The van der Waals surface area contributed by atoms with Crippen molar-refractivity contribution in [3.8, 4) is 0 Å². The van der Waals surface area contributed by atoms with E-state index < -0.39 is 6.04 Å². The van der Waals surface area contributed by atoms with Gasteiger partial charge in [0.2, 0.25) is 11.8 Å². The molecule has 29 heavy (non-hydrogen) atoms. The van der Waals surface area contributed by atoms with E-state index in [1.54, 1.807) is 30.5 Å². The summed E-state index contributed by atoms with van der Waals surface area (Å²) in [6, 6.07) is 14.2. The number of anilines is 1. The van der Waals surface area contributed by atoms with Crippen molar-refractivity contribution in [3.63, 3.8) is 0 Å². The molecule has 2 amide bonds. The average Bonchev–Trinajstić information content (AvgIpc) is 3.10. The van der Waals surface area contributed by atoms with Gasteiger partial charge in [0, 0.05) is 34.5 Å². The lowest BCUT2D eigenvalue weighted by molar-refractivity contribution is -0.120. The highest BCUT2D eigenvalue weighted by Crippen LogP contribution is 2.26. The van der Waals surface area contributed by atoms with Gasteiger partial charge in [0.15, 0.2) is 5.13 Å². The number of amides is 2. The minimum Gasteiger partial charge on any atom is -0.349 e. The first kappa shape index (κ1) is 21.3. The zero-order valence-corrected chi connectivity index (χ0v) is 17.9. The van der Waals surface area contributed by atoms with E-state index in [4.69, 9.17) is 23.2 Å². The van der Waals surface area contributed by atoms with Gasteiger partial charge in [0.25, 0.3) is 0 Å². The van der Waals surface area contributed by atoms with Crippen LogP contribution in [0.2, 0.25) is 10.0 Å². The van der Waals surface area contributed by atoms with Gasteiger partial charge in [-0.1, -0.05) is 53.5 Å². The summed E-state index contributed by atoms with van der Waals surface area (Å²) in [4.78, 5) is 29.3. The molecule has 0 bridgehead atoms. The normalized spacial score (nSPS) is 11.7. The van der Waals surface area contributed by atoms with Crippen molar-refractivity contribution >= 4 is 51.5 Å². The Morgan fingerprint density at radius 2 is 1.83 bits per heavy atom. The first-order chi connectivity index (χ1) is 13.9. The predicted molar refractivity (Wildman–Crippen MR) is 118 cm³/mol. The molecule has 8 heteroatoms. The Hall–Kier alpha value is -2.41. The molecule has 0 aliphatic heterocycles. The van der Waals surface area contributed by atoms with Crippen LogP contribution in [0.4, 0.5) is 5.13 Å². The quantitative estimate of drug-likeness (QED) is 0.519. The number of benzene rings is 2. The predicted octanol–water partition coefficient (Wildman–Crippen LogP) is 5.25. The molecule has 1 unspecified atom stereocenters. The highest BCUT2D eigenvalue weighted by atomic mass is 35.5. The van der Waals surface area contributed by atoms with Gasteiger partial charge < -0.3 is 10.6 Å². The lowest BCUT2D eigenvalue weighted by Crippen LogP contribution is -2.29. The number of halogens is 2. The van der Waals surface area contributed by atoms with Crippen LogP contribution in [0.15, 0.2) is 54.7 Å². The van der Waals surface area contributed by atoms with Gasteiger partial charge in [0.1, 0.15) is 0 Å². The topological polar surface area (TPSA) is 71.1 Å². The standard InChI is InChI=1S/C21H19Cl2N3O2S/c1-13(27)25-19(14-6-8-16(22)9-7-14)11-20(28)26-21-24-12-17(29-21)10-15-4-2-3-5-18(15)23/h2-9,12,19H,10-11H2,1H3,(H,25,27)(H,24,26,28). The summed E-state index contributed by atoms with van der Waals surface area (Å²) < 4.78 is 0. The first-order valence-corrected chi connectivity index (χ1v) is 10.5. The number of aromatic nitrogens is 1. The highest BCUT2D eigenvalue weighted by Gasteiger charge is 2.18. The van der Waals surface area contributed by atoms with Crippen LogP contribution in [-0.2, 0) is 16.0 Å². The maximum Gasteiger partial charge on any atom is 0.228 e. The Bertz CT molecular complexity index is 1010. The maximum absolute atomic E-state index is 12.5. The smallest absolute Gasteiger partial charge is 0.228 e. The summed E-state index contributed by atoms with van der Waals surface area (Å²) in [5, 5.41) is 7.41. The van der Waals surface area contributed by atoms with Crippen LogP contribution in [0.25, 0.3) is 0 Å². The molecule has 1 aromatic heterocycles. The fourth-order valence-electron chi connectivity index (χ4n) is 2.82. The molecule has 0 spiro atoms. The SMILES string of the molecule is CC(=O)NC(CC(=O)Nc1ncc(Cc2ccccc2Cl)s1)c1ccc(Cl)cc1. The van der Waals surface area contributed by atoms with Crippen LogP contribution >= 0.6 is 34.5 Å². The average molecular weight is 448 g/mol. The second-order valence-electron chi connectivity index (χ2n) is 6.46. The molecular weight excluding hydrogens is 429 g/mol. The van der Waals surface area contributed by atoms with Crippen LogP contribution < -0.4 is 10.6 Å². The highest BCUT2D eigenvalue weighted by molar-refractivity contribution is 7.15. The van der Waals surface area contributed by atoms with E-state index in [9.17, 15) is 9.59 Å². The van der Waals surface area contributed by atoms with Gasteiger partial charge in [-0.3, -0.25) is 9.59 Å². The molecule has 0 saturated carbocycles. The number of hydrogen-bond acceptors (Lipinski definition) is 4. The van der Waals surface area contributed by atoms with Crippen LogP contribution in [0.3, 0.4) is 0 Å². The van der Waals surface area contributed by atoms with Gasteiger partial charge in [-0.05, 0) is 29.3 Å². The molecule has 0 saturated heterocycles. The van der Waals surface area contributed by atoms with Gasteiger partial charge in [-0.15, -0.1) is 11.3 Å². The van der Waals surface area contributed by atoms with Gasteiger partial charge >= 0.3 is 0 Å². The second kappa shape index (κ2) is 9.87. The molecule has 150 valence electrons. The molecule has 3 rings (SSSR count). The van der Waals surface area contributed by atoms with Crippen molar-refractivity contribution in [1.29, 1.82) is 0 Å². The van der Waals surface area contributed by atoms with E-state index >= 15 is 0 Å². The number of nitrogens with zero attached hydrogens (tertiary/aromatic N) is 1. The zero-order valence-electron chi connectivity index (χ0n) is 15.6. The molecular formula is C21H19Cl2N3O2S. The number of thiazole rings is 1. The molecule has 3 aromatic rings. The molecule has 5 nitrogen and oxygen atoms in total. The minimum absolute atomic E-state index is 0.0840. The minimum atomic E-state index is -0.452. The Morgan fingerprint density at radius 3 is 2.52 bits per heavy atom. The molecule has 0 fully saturated rings. The molecule has 0 aliphatic rings. The Labute approximate surface area is 183 Å².